The first-order valence-electron chi connectivity index (χ1n) is 9.07. The van der Waals surface area contributed by atoms with Crippen molar-refractivity contribution in [3.8, 4) is 0 Å². The quantitative estimate of drug-likeness (QED) is 0.856. The van der Waals surface area contributed by atoms with Crippen molar-refractivity contribution < 1.29 is 9.90 Å². The second-order valence-corrected chi connectivity index (χ2v) is 7.59. The van der Waals surface area contributed by atoms with E-state index in [-0.39, 0.29) is 11.4 Å². The Hall–Kier alpha value is -1.10. The maximum absolute atomic E-state index is 12.4. The summed E-state index contributed by atoms with van der Waals surface area (Å²) in [6, 6.07) is 6.85. The maximum atomic E-state index is 12.4. The Morgan fingerprint density at radius 2 is 1.92 bits per heavy atom. The summed E-state index contributed by atoms with van der Waals surface area (Å²) in [5.74, 6) is -0.333. The zero-order valence-corrected chi connectivity index (χ0v) is 14.9. The molecule has 1 amide bonds. The van der Waals surface area contributed by atoms with Crippen LogP contribution in [0.4, 0.5) is 0 Å². The predicted octanol–water partition coefficient (Wildman–Crippen LogP) is 3.29. The van der Waals surface area contributed by atoms with E-state index < -0.39 is 6.10 Å². The van der Waals surface area contributed by atoms with Crippen LogP contribution in [-0.4, -0.2) is 41.1 Å². The lowest BCUT2D eigenvalue weighted by Gasteiger charge is -2.43. The van der Waals surface area contributed by atoms with Crippen molar-refractivity contribution >= 4 is 17.5 Å². The molecular weight excluding hydrogens is 324 g/mol. The summed E-state index contributed by atoms with van der Waals surface area (Å²) in [5.41, 5.74) is 0.628. The lowest BCUT2D eigenvalue weighted by atomic mass is 9.92. The summed E-state index contributed by atoms with van der Waals surface area (Å²) >= 11 is 5.95. The molecule has 1 saturated carbocycles. The van der Waals surface area contributed by atoms with Crippen LogP contribution in [0.5, 0.6) is 0 Å². The van der Waals surface area contributed by atoms with Crippen molar-refractivity contribution in [1.82, 2.24) is 10.2 Å². The fourth-order valence-corrected chi connectivity index (χ4v) is 4.38. The number of carbonyl (C=O) groups excluding carboxylic acids is 1. The average molecular weight is 351 g/mol. The second kappa shape index (κ2) is 7.85. The summed E-state index contributed by atoms with van der Waals surface area (Å²) in [7, 11) is 0. The van der Waals surface area contributed by atoms with E-state index in [1.165, 1.54) is 32.1 Å². The van der Waals surface area contributed by atoms with Crippen molar-refractivity contribution in [3.63, 3.8) is 0 Å². The first kappa shape index (κ1) is 17.7. The normalized spacial score (nSPS) is 22.2. The number of nitrogens with one attached hydrogen (secondary N) is 1. The van der Waals surface area contributed by atoms with Gasteiger partial charge in [-0.15, -0.1) is 0 Å². The molecule has 1 aromatic carbocycles. The number of aliphatic hydroxyl groups is 1. The second-order valence-electron chi connectivity index (χ2n) is 7.15. The number of nitrogens with zero attached hydrogens (tertiary/aromatic N) is 1. The molecule has 0 aromatic heterocycles. The van der Waals surface area contributed by atoms with Crippen LogP contribution in [0.3, 0.4) is 0 Å². The average Bonchev–Trinajstić information content (AvgIpc) is 3.10. The van der Waals surface area contributed by atoms with Gasteiger partial charge in [-0.3, -0.25) is 9.69 Å². The third-order valence-corrected chi connectivity index (χ3v) is 5.80. The molecule has 1 atom stereocenters. The minimum atomic E-state index is -1.16. The van der Waals surface area contributed by atoms with Crippen LogP contribution in [0.2, 0.25) is 5.02 Å². The van der Waals surface area contributed by atoms with Crippen molar-refractivity contribution in [2.75, 3.05) is 19.6 Å². The fraction of sp³-hybridized carbons (Fsp3) is 0.632. The van der Waals surface area contributed by atoms with E-state index >= 15 is 0 Å². The Kier molecular flexibility index (Phi) is 5.80. The summed E-state index contributed by atoms with van der Waals surface area (Å²) in [5, 5.41) is 13.8. The largest absolute Gasteiger partial charge is 0.378 e. The Morgan fingerprint density at radius 3 is 2.58 bits per heavy atom. The molecule has 5 heteroatoms. The first-order chi connectivity index (χ1) is 11.6. The molecule has 1 aromatic rings. The van der Waals surface area contributed by atoms with Gasteiger partial charge in [0, 0.05) is 17.1 Å². The van der Waals surface area contributed by atoms with Gasteiger partial charge in [-0.1, -0.05) is 43.0 Å². The van der Waals surface area contributed by atoms with E-state index in [2.05, 4.69) is 10.2 Å². The maximum Gasteiger partial charge on any atom is 0.253 e. The van der Waals surface area contributed by atoms with Crippen molar-refractivity contribution in [2.45, 2.75) is 56.6 Å². The van der Waals surface area contributed by atoms with Crippen LogP contribution in [0, 0.1) is 0 Å². The van der Waals surface area contributed by atoms with Crippen LogP contribution in [0.25, 0.3) is 0 Å². The number of aliphatic hydroxyl groups excluding tert-OH is 1. The molecule has 0 spiro atoms. The third kappa shape index (κ3) is 3.93. The Bertz CT molecular complexity index is 566. The van der Waals surface area contributed by atoms with Crippen molar-refractivity contribution in [2.24, 2.45) is 0 Å². The highest BCUT2D eigenvalue weighted by atomic mass is 35.5. The van der Waals surface area contributed by atoms with Crippen LogP contribution in [-0.2, 0) is 4.79 Å². The molecule has 2 N–H and O–H groups in total. The first-order valence-corrected chi connectivity index (χ1v) is 9.45. The van der Waals surface area contributed by atoms with E-state index in [1.54, 1.807) is 24.3 Å². The summed E-state index contributed by atoms with van der Waals surface area (Å²) < 4.78 is 0. The number of carbonyl (C=O) groups is 1. The van der Waals surface area contributed by atoms with Gasteiger partial charge >= 0.3 is 0 Å². The Morgan fingerprint density at radius 1 is 1.21 bits per heavy atom. The number of benzene rings is 1. The number of amides is 1. The van der Waals surface area contributed by atoms with Crippen molar-refractivity contribution in [1.29, 1.82) is 0 Å². The molecular formula is C19H27ClN2O2. The number of piperidine rings is 1. The van der Waals surface area contributed by atoms with Gasteiger partial charge in [-0.2, -0.15) is 0 Å². The van der Waals surface area contributed by atoms with Gasteiger partial charge in [0.2, 0.25) is 0 Å². The molecule has 1 saturated heterocycles. The van der Waals surface area contributed by atoms with Crippen LogP contribution >= 0.6 is 11.6 Å². The number of rotatable bonds is 5. The molecule has 1 aliphatic heterocycles. The van der Waals surface area contributed by atoms with Gasteiger partial charge in [-0.25, -0.2) is 0 Å². The molecule has 1 unspecified atom stereocenters. The van der Waals surface area contributed by atoms with Crippen LogP contribution < -0.4 is 5.32 Å². The lowest BCUT2D eigenvalue weighted by molar-refractivity contribution is -0.130. The summed E-state index contributed by atoms with van der Waals surface area (Å²) in [6.45, 7) is 2.89. The molecule has 2 fully saturated rings. The third-order valence-electron chi connectivity index (χ3n) is 5.57. The number of halogens is 1. The van der Waals surface area contributed by atoms with Gasteiger partial charge in [-0.05, 0) is 56.5 Å². The van der Waals surface area contributed by atoms with Gasteiger partial charge in [0.05, 0.1) is 0 Å². The molecule has 4 nitrogen and oxygen atoms in total. The molecule has 24 heavy (non-hydrogen) atoms. The highest BCUT2D eigenvalue weighted by Gasteiger charge is 2.40. The van der Waals surface area contributed by atoms with E-state index in [0.717, 1.165) is 25.9 Å². The zero-order chi connectivity index (χ0) is 17.0. The SMILES string of the molecule is O=C(NCC1(N2CCCCC2)CCCC1)C(O)c1cccc(Cl)c1. The lowest BCUT2D eigenvalue weighted by Crippen LogP contribution is -2.56. The molecule has 0 radical (unpaired) electrons. The molecule has 2 aliphatic rings. The smallest absolute Gasteiger partial charge is 0.253 e. The number of likely N-dealkylation sites (tertiary alicyclic amines) is 1. The molecule has 0 bridgehead atoms. The number of hydrogen-bond acceptors (Lipinski definition) is 3. The van der Waals surface area contributed by atoms with Gasteiger partial charge in [0.1, 0.15) is 0 Å². The van der Waals surface area contributed by atoms with E-state index in [1.807, 2.05) is 0 Å². The number of hydrogen-bond donors (Lipinski definition) is 2. The summed E-state index contributed by atoms with van der Waals surface area (Å²) in [6.07, 6.45) is 7.38. The van der Waals surface area contributed by atoms with Crippen LogP contribution in [0.15, 0.2) is 24.3 Å². The molecule has 132 valence electrons. The van der Waals surface area contributed by atoms with Crippen LogP contribution in [0.1, 0.15) is 56.6 Å². The van der Waals surface area contributed by atoms with E-state index in [0.29, 0.717) is 17.1 Å². The fourth-order valence-electron chi connectivity index (χ4n) is 4.18. The highest BCUT2D eigenvalue weighted by Crippen LogP contribution is 2.36. The molecule has 3 rings (SSSR count). The van der Waals surface area contributed by atoms with E-state index in [9.17, 15) is 9.90 Å². The topological polar surface area (TPSA) is 52.6 Å². The predicted molar refractivity (Wildman–Crippen MR) is 96.0 cm³/mol. The monoisotopic (exact) mass is 350 g/mol. The Labute approximate surface area is 149 Å². The van der Waals surface area contributed by atoms with Gasteiger partial charge < -0.3 is 10.4 Å². The standard InChI is InChI=1S/C19H27ClN2O2/c20-16-8-6-7-15(13-16)17(23)18(24)21-14-19(9-2-3-10-19)22-11-4-1-5-12-22/h6-8,13,17,23H,1-5,9-12,14H2,(H,21,24). The van der Waals surface area contributed by atoms with Gasteiger partial charge in [0.25, 0.3) is 5.91 Å². The minimum Gasteiger partial charge on any atom is -0.378 e. The Balaban J connectivity index is 1.63. The van der Waals surface area contributed by atoms with E-state index in [4.69, 9.17) is 11.6 Å². The summed E-state index contributed by atoms with van der Waals surface area (Å²) in [4.78, 5) is 15.0. The molecule has 1 aliphatic carbocycles. The van der Waals surface area contributed by atoms with Crippen molar-refractivity contribution in [3.05, 3.63) is 34.9 Å². The molecule has 1 heterocycles. The highest BCUT2D eigenvalue weighted by molar-refractivity contribution is 6.30. The zero-order valence-electron chi connectivity index (χ0n) is 14.1. The van der Waals surface area contributed by atoms with Gasteiger partial charge in [0.15, 0.2) is 6.10 Å². The minimum absolute atomic E-state index is 0.0874.